The summed E-state index contributed by atoms with van der Waals surface area (Å²) >= 11 is 0. The number of fused-ring (bicyclic) bond motifs is 1. The van der Waals surface area contributed by atoms with Gasteiger partial charge in [-0.3, -0.25) is 9.10 Å². The van der Waals surface area contributed by atoms with E-state index in [2.05, 4.69) is 10.2 Å². The van der Waals surface area contributed by atoms with Crippen LogP contribution in [0.2, 0.25) is 0 Å². The average Bonchev–Trinajstić information content (AvgIpc) is 3.29. The highest BCUT2D eigenvalue weighted by Gasteiger charge is 2.36. The SMILES string of the molecule is C[C@H]1Cc2ccccc2N1S(=O)(=O)c1cccc(C(=O)OCC(=O)Nc2ccc(N3CCOCC3)cc2)c1. The van der Waals surface area contributed by atoms with Gasteiger partial charge in [-0.1, -0.05) is 24.3 Å². The van der Waals surface area contributed by atoms with Crippen molar-refractivity contribution in [1.82, 2.24) is 0 Å². The summed E-state index contributed by atoms with van der Waals surface area (Å²) in [5.74, 6) is -1.28. The molecule has 1 N–H and O–H groups in total. The van der Waals surface area contributed by atoms with Gasteiger partial charge in [-0.25, -0.2) is 13.2 Å². The summed E-state index contributed by atoms with van der Waals surface area (Å²) in [5.41, 5.74) is 3.27. The molecule has 0 aromatic heterocycles. The van der Waals surface area contributed by atoms with Crippen LogP contribution < -0.4 is 14.5 Å². The number of hydrogen-bond acceptors (Lipinski definition) is 7. The molecule has 0 saturated carbocycles. The zero-order valence-corrected chi connectivity index (χ0v) is 21.8. The summed E-state index contributed by atoms with van der Waals surface area (Å²) in [4.78, 5) is 27.2. The van der Waals surface area contributed by atoms with Crippen LogP contribution in [0.3, 0.4) is 0 Å². The molecule has 1 atom stereocenters. The monoisotopic (exact) mass is 535 g/mol. The van der Waals surface area contributed by atoms with E-state index in [1.54, 1.807) is 24.3 Å². The van der Waals surface area contributed by atoms with E-state index in [1.165, 1.54) is 28.6 Å². The van der Waals surface area contributed by atoms with Gasteiger partial charge in [-0.05, 0) is 67.4 Å². The fourth-order valence-corrected chi connectivity index (χ4v) is 6.53. The summed E-state index contributed by atoms with van der Waals surface area (Å²) in [5, 5.41) is 2.70. The number of amides is 1. The van der Waals surface area contributed by atoms with Crippen LogP contribution in [0.4, 0.5) is 17.1 Å². The Kier molecular flexibility index (Phi) is 7.35. The standard InChI is InChI=1S/C28H29N3O6S/c1-20-17-21-5-2-3-8-26(21)31(20)38(34,35)25-7-4-6-22(18-25)28(33)37-19-27(32)29-23-9-11-24(12-10-23)30-13-15-36-16-14-30/h2-12,18,20H,13-17,19H2,1H3,(H,29,32)/t20-/m0/s1. The normalized spacial score (nSPS) is 17.1. The van der Waals surface area contributed by atoms with E-state index in [9.17, 15) is 18.0 Å². The molecule has 1 amide bonds. The molecule has 2 aliphatic heterocycles. The average molecular weight is 536 g/mol. The second-order valence-corrected chi connectivity index (χ2v) is 11.1. The van der Waals surface area contributed by atoms with E-state index >= 15 is 0 Å². The Labute approximate surface area is 222 Å². The van der Waals surface area contributed by atoms with Crippen molar-refractivity contribution in [3.63, 3.8) is 0 Å². The van der Waals surface area contributed by atoms with Crippen LogP contribution in [0.5, 0.6) is 0 Å². The van der Waals surface area contributed by atoms with E-state index in [0.29, 0.717) is 31.0 Å². The lowest BCUT2D eigenvalue weighted by Crippen LogP contribution is -2.36. The lowest BCUT2D eigenvalue weighted by molar-refractivity contribution is -0.119. The van der Waals surface area contributed by atoms with E-state index in [4.69, 9.17) is 9.47 Å². The predicted molar refractivity (Wildman–Crippen MR) is 144 cm³/mol. The molecule has 0 spiro atoms. The molecular formula is C28H29N3O6S. The molecule has 10 heteroatoms. The molecule has 9 nitrogen and oxygen atoms in total. The number of ether oxygens (including phenoxy) is 2. The Balaban J connectivity index is 1.20. The second-order valence-electron chi connectivity index (χ2n) is 9.28. The number of nitrogens with zero attached hydrogens (tertiary/aromatic N) is 2. The first kappa shape index (κ1) is 25.7. The molecule has 1 fully saturated rings. The van der Waals surface area contributed by atoms with Crippen LogP contribution in [-0.4, -0.2) is 59.2 Å². The van der Waals surface area contributed by atoms with Gasteiger partial charge in [0, 0.05) is 30.5 Å². The molecule has 5 rings (SSSR count). The van der Waals surface area contributed by atoms with Crippen LogP contribution in [0, 0.1) is 0 Å². The van der Waals surface area contributed by atoms with E-state index in [-0.39, 0.29) is 16.5 Å². The maximum Gasteiger partial charge on any atom is 0.338 e. The Morgan fingerprint density at radius 2 is 1.74 bits per heavy atom. The van der Waals surface area contributed by atoms with Gasteiger partial charge >= 0.3 is 5.97 Å². The molecule has 2 heterocycles. The van der Waals surface area contributed by atoms with Gasteiger partial charge < -0.3 is 19.7 Å². The Hall–Kier alpha value is -3.89. The lowest BCUT2D eigenvalue weighted by atomic mass is 10.1. The number of rotatable bonds is 7. The number of benzene rings is 3. The van der Waals surface area contributed by atoms with E-state index in [0.717, 1.165) is 24.3 Å². The highest BCUT2D eigenvalue weighted by Crippen LogP contribution is 2.36. The Morgan fingerprint density at radius 3 is 2.50 bits per heavy atom. The topological polar surface area (TPSA) is 105 Å². The first-order chi connectivity index (χ1) is 18.3. The van der Waals surface area contributed by atoms with Crippen molar-refractivity contribution in [3.05, 3.63) is 83.9 Å². The number of carbonyl (C=O) groups is 2. The number of nitrogens with one attached hydrogen (secondary N) is 1. The summed E-state index contributed by atoms with van der Waals surface area (Å²) in [7, 11) is -3.91. The summed E-state index contributed by atoms with van der Waals surface area (Å²) in [6, 6.07) is 20.2. The molecule has 0 radical (unpaired) electrons. The van der Waals surface area contributed by atoms with Gasteiger partial charge in [0.2, 0.25) is 0 Å². The van der Waals surface area contributed by atoms with Crippen molar-refractivity contribution >= 4 is 39.0 Å². The number of hydrogen-bond donors (Lipinski definition) is 1. The third kappa shape index (κ3) is 5.36. The number of esters is 1. The van der Waals surface area contributed by atoms with Gasteiger partial charge in [-0.15, -0.1) is 0 Å². The minimum absolute atomic E-state index is 0.0136. The molecule has 0 bridgehead atoms. The minimum atomic E-state index is -3.91. The van der Waals surface area contributed by atoms with Gasteiger partial charge in [0.1, 0.15) is 0 Å². The van der Waals surface area contributed by atoms with Gasteiger partial charge in [0.25, 0.3) is 15.9 Å². The summed E-state index contributed by atoms with van der Waals surface area (Å²) in [6.07, 6.45) is 0.613. The van der Waals surface area contributed by atoms with Gasteiger partial charge in [0.15, 0.2) is 6.61 Å². The molecule has 38 heavy (non-hydrogen) atoms. The molecule has 3 aromatic rings. The first-order valence-corrected chi connectivity index (χ1v) is 13.9. The van der Waals surface area contributed by atoms with Crippen LogP contribution in [-0.2, 0) is 30.7 Å². The number of morpholine rings is 1. The van der Waals surface area contributed by atoms with Crippen LogP contribution in [0.15, 0.2) is 77.7 Å². The Morgan fingerprint density at radius 1 is 1.00 bits per heavy atom. The molecular weight excluding hydrogens is 506 g/mol. The maximum atomic E-state index is 13.5. The highest BCUT2D eigenvalue weighted by molar-refractivity contribution is 7.92. The molecule has 3 aromatic carbocycles. The number of anilines is 3. The quantitative estimate of drug-likeness (QED) is 0.462. The number of sulfonamides is 1. The second kappa shape index (κ2) is 10.8. The van der Waals surface area contributed by atoms with E-state index in [1.807, 2.05) is 31.2 Å². The van der Waals surface area contributed by atoms with Crippen LogP contribution in [0.25, 0.3) is 0 Å². The molecule has 0 aliphatic carbocycles. The maximum absolute atomic E-state index is 13.5. The zero-order chi connectivity index (χ0) is 26.7. The fourth-order valence-electron chi connectivity index (χ4n) is 4.79. The van der Waals surface area contributed by atoms with Crippen molar-refractivity contribution in [2.45, 2.75) is 24.3 Å². The molecule has 2 aliphatic rings. The molecule has 198 valence electrons. The van der Waals surface area contributed by atoms with Crippen molar-refractivity contribution in [1.29, 1.82) is 0 Å². The fraction of sp³-hybridized carbons (Fsp3) is 0.286. The third-order valence-corrected chi connectivity index (χ3v) is 8.56. The lowest BCUT2D eigenvalue weighted by Gasteiger charge is -2.28. The minimum Gasteiger partial charge on any atom is -0.452 e. The van der Waals surface area contributed by atoms with Crippen molar-refractivity contribution in [2.24, 2.45) is 0 Å². The van der Waals surface area contributed by atoms with Gasteiger partial charge in [0.05, 0.1) is 29.4 Å². The number of carbonyl (C=O) groups excluding carboxylic acids is 2. The highest BCUT2D eigenvalue weighted by atomic mass is 32.2. The first-order valence-electron chi connectivity index (χ1n) is 12.4. The van der Waals surface area contributed by atoms with Crippen LogP contribution in [0.1, 0.15) is 22.8 Å². The number of para-hydroxylation sites is 1. The van der Waals surface area contributed by atoms with Gasteiger partial charge in [-0.2, -0.15) is 0 Å². The summed E-state index contributed by atoms with van der Waals surface area (Å²) < 4.78 is 38.9. The smallest absolute Gasteiger partial charge is 0.338 e. The van der Waals surface area contributed by atoms with Crippen molar-refractivity contribution in [2.75, 3.05) is 47.4 Å². The van der Waals surface area contributed by atoms with Crippen LogP contribution >= 0.6 is 0 Å². The third-order valence-electron chi connectivity index (χ3n) is 6.63. The predicted octanol–water partition coefficient (Wildman–Crippen LogP) is 3.46. The van der Waals surface area contributed by atoms with Crippen molar-refractivity contribution in [3.8, 4) is 0 Å². The van der Waals surface area contributed by atoms with E-state index < -0.39 is 28.5 Å². The molecule has 0 unspecified atom stereocenters. The summed E-state index contributed by atoms with van der Waals surface area (Å²) in [6.45, 7) is 4.35. The molecule has 1 saturated heterocycles. The Bertz CT molecular complexity index is 1430. The van der Waals surface area contributed by atoms with Crippen molar-refractivity contribution < 1.29 is 27.5 Å². The zero-order valence-electron chi connectivity index (χ0n) is 21.0. The largest absolute Gasteiger partial charge is 0.452 e.